The van der Waals surface area contributed by atoms with E-state index in [-0.39, 0.29) is 11.9 Å². The maximum Gasteiger partial charge on any atom is 0.340 e. The van der Waals surface area contributed by atoms with E-state index in [1.54, 1.807) is 6.07 Å². The Hall–Kier alpha value is -2.24. The summed E-state index contributed by atoms with van der Waals surface area (Å²) in [7, 11) is 1.34. The Morgan fingerprint density at radius 3 is 2.95 bits per heavy atom. The number of hydrogen-bond donors (Lipinski definition) is 1. The second-order valence-corrected chi connectivity index (χ2v) is 5.46. The van der Waals surface area contributed by atoms with Gasteiger partial charge in [-0.3, -0.25) is 4.79 Å². The van der Waals surface area contributed by atoms with E-state index in [1.165, 1.54) is 7.11 Å². The summed E-state index contributed by atoms with van der Waals surface area (Å²) in [6.45, 7) is 2.21. The lowest BCUT2D eigenvalue weighted by atomic mass is 10.1. The molecule has 0 radical (unpaired) electrons. The van der Waals surface area contributed by atoms with Gasteiger partial charge < -0.3 is 20.3 Å². The number of piperazine rings is 1. The molecule has 0 bridgehead atoms. The van der Waals surface area contributed by atoms with Crippen molar-refractivity contribution in [3.63, 3.8) is 0 Å². The van der Waals surface area contributed by atoms with E-state index in [0.29, 0.717) is 24.2 Å². The zero-order valence-electron chi connectivity index (χ0n) is 12.0. The summed E-state index contributed by atoms with van der Waals surface area (Å²) in [4.78, 5) is 27.6. The number of hydrogen-bond acceptors (Lipinski definition) is 5. The lowest BCUT2D eigenvalue weighted by molar-refractivity contribution is -0.129. The third kappa shape index (κ3) is 2.30. The van der Waals surface area contributed by atoms with Crippen molar-refractivity contribution in [3.8, 4) is 0 Å². The molecule has 3 rings (SSSR count). The molecule has 2 aliphatic heterocycles. The van der Waals surface area contributed by atoms with Gasteiger partial charge in [0.2, 0.25) is 5.91 Å². The SMILES string of the molecule is COC(=O)c1cccc(N2CCN3C(=O)CCC3C2)c1N. The van der Waals surface area contributed by atoms with E-state index < -0.39 is 5.97 Å². The number of methoxy groups -OCH3 is 1. The van der Waals surface area contributed by atoms with E-state index in [4.69, 9.17) is 10.5 Å². The predicted molar refractivity (Wildman–Crippen MR) is 79.1 cm³/mol. The quantitative estimate of drug-likeness (QED) is 0.646. The minimum absolute atomic E-state index is 0.246. The highest BCUT2D eigenvalue weighted by atomic mass is 16.5. The molecule has 2 N–H and O–H groups in total. The van der Waals surface area contributed by atoms with Gasteiger partial charge in [0.15, 0.2) is 0 Å². The van der Waals surface area contributed by atoms with Gasteiger partial charge in [0.05, 0.1) is 24.0 Å². The zero-order chi connectivity index (χ0) is 15.0. The third-order valence-electron chi connectivity index (χ3n) is 4.32. The van der Waals surface area contributed by atoms with Crippen LogP contribution in [0.5, 0.6) is 0 Å². The van der Waals surface area contributed by atoms with E-state index >= 15 is 0 Å². The number of anilines is 2. The first kappa shape index (κ1) is 13.7. The molecule has 1 unspecified atom stereocenters. The summed E-state index contributed by atoms with van der Waals surface area (Å²) in [6, 6.07) is 5.64. The number of nitrogen functional groups attached to an aromatic ring is 1. The summed E-state index contributed by atoms with van der Waals surface area (Å²) < 4.78 is 4.75. The van der Waals surface area contributed by atoms with E-state index in [0.717, 1.165) is 25.2 Å². The molecule has 1 atom stereocenters. The van der Waals surface area contributed by atoms with Crippen LogP contribution in [-0.4, -0.2) is 49.6 Å². The molecular weight excluding hydrogens is 270 g/mol. The van der Waals surface area contributed by atoms with Crippen LogP contribution in [-0.2, 0) is 9.53 Å². The van der Waals surface area contributed by atoms with Crippen LogP contribution < -0.4 is 10.6 Å². The third-order valence-corrected chi connectivity index (χ3v) is 4.32. The molecule has 1 aromatic rings. The number of nitrogens with zero attached hydrogens (tertiary/aromatic N) is 2. The van der Waals surface area contributed by atoms with Crippen LogP contribution in [0.1, 0.15) is 23.2 Å². The Balaban J connectivity index is 1.85. The van der Waals surface area contributed by atoms with E-state index in [2.05, 4.69) is 4.90 Å². The second kappa shape index (κ2) is 5.27. The number of esters is 1. The molecule has 0 saturated carbocycles. The van der Waals surface area contributed by atoms with Gasteiger partial charge in [0.25, 0.3) is 0 Å². The largest absolute Gasteiger partial charge is 0.465 e. The summed E-state index contributed by atoms with van der Waals surface area (Å²) >= 11 is 0. The van der Waals surface area contributed by atoms with Gasteiger partial charge in [-0.2, -0.15) is 0 Å². The fourth-order valence-corrected chi connectivity index (χ4v) is 3.20. The number of ether oxygens (including phenoxy) is 1. The standard InChI is InChI=1S/C15H19N3O3/c1-21-15(20)11-3-2-4-12(14(11)16)17-7-8-18-10(9-17)5-6-13(18)19/h2-4,10H,5-9,16H2,1H3. The van der Waals surface area contributed by atoms with Crippen molar-refractivity contribution in [2.75, 3.05) is 37.4 Å². The van der Waals surface area contributed by atoms with Crippen molar-refractivity contribution in [2.24, 2.45) is 0 Å². The number of amides is 1. The van der Waals surface area contributed by atoms with Crippen LogP contribution >= 0.6 is 0 Å². The Labute approximate surface area is 123 Å². The van der Waals surface area contributed by atoms with Gasteiger partial charge in [0, 0.05) is 32.1 Å². The van der Waals surface area contributed by atoms with Crippen LogP contribution in [0.2, 0.25) is 0 Å². The van der Waals surface area contributed by atoms with Crippen molar-refractivity contribution in [1.82, 2.24) is 4.90 Å². The minimum Gasteiger partial charge on any atom is -0.465 e. The number of carbonyl (C=O) groups is 2. The van der Waals surface area contributed by atoms with Crippen LogP contribution in [0, 0.1) is 0 Å². The fraction of sp³-hybridized carbons (Fsp3) is 0.467. The van der Waals surface area contributed by atoms with Gasteiger partial charge in [0.1, 0.15) is 0 Å². The second-order valence-electron chi connectivity index (χ2n) is 5.46. The Morgan fingerprint density at radius 2 is 2.19 bits per heavy atom. The number of fused-ring (bicyclic) bond motifs is 1. The molecule has 0 aliphatic carbocycles. The van der Waals surface area contributed by atoms with Crippen molar-refractivity contribution >= 4 is 23.3 Å². The van der Waals surface area contributed by atoms with Crippen LogP contribution in [0.25, 0.3) is 0 Å². The van der Waals surface area contributed by atoms with Gasteiger partial charge >= 0.3 is 5.97 Å². The molecule has 2 aliphatic rings. The summed E-state index contributed by atoms with van der Waals surface area (Å²) in [5.41, 5.74) is 7.81. The molecule has 6 heteroatoms. The van der Waals surface area contributed by atoms with Crippen LogP contribution in [0.4, 0.5) is 11.4 Å². The van der Waals surface area contributed by atoms with Crippen LogP contribution in [0.3, 0.4) is 0 Å². The lowest BCUT2D eigenvalue weighted by Crippen LogP contribution is -2.51. The zero-order valence-corrected chi connectivity index (χ0v) is 12.0. The summed E-state index contributed by atoms with van der Waals surface area (Å²) in [5, 5.41) is 0. The van der Waals surface area contributed by atoms with Gasteiger partial charge in [-0.25, -0.2) is 4.79 Å². The Morgan fingerprint density at radius 1 is 1.38 bits per heavy atom. The molecule has 0 aromatic heterocycles. The van der Waals surface area contributed by atoms with E-state index in [1.807, 2.05) is 17.0 Å². The normalized spacial score (nSPS) is 21.4. The number of para-hydroxylation sites is 1. The van der Waals surface area contributed by atoms with Gasteiger partial charge in [-0.15, -0.1) is 0 Å². The molecule has 1 aromatic carbocycles. The van der Waals surface area contributed by atoms with Crippen molar-refractivity contribution in [2.45, 2.75) is 18.9 Å². The highest BCUT2D eigenvalue weighted by molar-refractivity contribution is 5.98. The molecule has 0 spiro atoms. The van der Waals surface area contributed by atoms with Crippen molar-refractivity contribution in [1.29, 1.82) is 0 Å². The molecule has 1 amide bonds. The monoisotopic (exact) mass is 289 g/mol. The molecule has 112 valence electrons. The molecule has 2 heterocycles. The number of nitrogens with two attached hydrogens (primary N) is 1. The first-order chi connectivity index (χ1) is 10.1. The Kier molecular flexibility index (Phi) is 3.45. The topological polar surface area (TPSA) is 75.9 Å². The molecular formula is C15H19N3O3. The number of carbonyl (C=O) groups excluding carboxylic acids is 2. The van der Waals surface area contributed by atoms with Gasteiger partial charge in [-0.1, -0.05) is 6.07 Å². The average molecular weight is 289 g/mol. The number of rotatable bonds is 2. The van der Waals surface area contributed by atoms with Crippen molar-refractivity contribution < 1.29 is 14.3 Å². The Bertz CT molecular complexity index is 588. The summed E-state index contributed by atoms with van der Waals surface area (Å²) in [6.07, 6.45) is 1.53. The highest BCUT2D eigenvalue weighted by Crippen LogP contribution is 2.31. The smallest absolute Gasteiger partial charge is 0.340 e. The first-order valence-corrected chi connectivity index (χ1v) is 7.13. The van der Waals surface area contributed by atoms with Crippen molar-refractivity contribution in [3.05, 3.63) is 23.8 Å². The first-order valence-electron chi connectivity index (χ1n) is 7.13. The molecule has 2 fully saturated rings. The maximum absolute atomic E-state index is 11.7. The molecule has 21 heavy (non-hydrogen) atoms. The molecule has 6 nitrogen and oxygen atoms in total. The highest BCUT2D eigenvalue weighted by Gasteiger charge is 2.36. The van der Waals surface area contributed by atoms with Gasteiger partial charge in [-0.05, 0) is 18.6 Å². The molecule has 2 saturated heterocycles. The van der Waals surface area contributed by atoms with E-state index in [9.17, 15) is 9.59 Å². The maximum atomic E-state index is 11.7. The van der Waals surface area contributed by atoms with Crippen LogP contribution in [0.15, 0.2) is 18.2 Å². The predicted octanol–water partition coefficient (Wildman–Crippen LogP) is 0.866. The minimum atomic E-state index is -0.427. The number of benzene rings is 1. The fourth-order valence-electron chi connectivity index (χ4n) is 3.20. The average Bonchev–Trinajstić information content (AvgIpc) is 2.87. The summed E-state index contributed by atoms with van der Waals surface area (Å²) in [5.74, 6) is -0.181. The lowest BCUT2D eigenvalue weighted by Gasteiger charge is -2.39.